The largest absolute Gasteiger partial charge is 0.467 e. The number of Topliss-reactive ketones (excluding diaryl/α,β-unsaturated/α-hetero) is 1. The average molecular weight is 236 g/mol. The zero-order valence-corrected chi connectivity index (χ0v) is 9.85. The van der Waals surface area contributed by atoms with E-state index in [4.69, 9.17) is 4.74 Å². The molecule has 0 unspecified atom stereocenters. The Kier molecular flexibility index (Phi) is 5.96. The first-order valence-corrected chi connectivity index (χ1v) is 5.47. The molecular formula is C13H16O4. The predicted molar refractivity (Wildman–Crippen MR) is 62.8 cm³/mol. The standard InChI is InChI=1S/C13H16O4/c1-16-13(15)10-17-9-5-8-12(14)11-6-3-2-4-7-11/h2-4,6-7H,5,8-10H2,1H3. The first kappa shape index (κ1) is 13.4. The van der Waals surface area contributed by atoms with Crippen LogP contribution in [0, 0.1) is 0 Å². The van der Waals surface area contributed by atoms with Gasteiger partial charge < -0.3 is 9.47 Å². The van der Waals surface area contributed by atoms with E-state index in [2.05, 4.69) is 4.74 Å². The first-order valence-electron chi connectivity index (χ1n) is 5.47. The highest BCUT2D eigenvalue weighted by Crippen LogP contribution is 2.04. The minimum Gasteiger partial charge on any atom is -0.467 e. The van der Waals surface area contributed by atoms with Gasteiger partial charge in [-0.2, -0.15) is 0 Å². The molecule has 0 amide bonds. The number of benzene rings is 1. The first-order chi connectivity index (χ1) is 8.24. The van der Waals surface area contributed by atoms with Crippen LogP contribution < -0.4 is 0 Å². The molecule has 0 bridgehead atoms. The van der Waals surface area contributed by atoms with Gasteiger partial charge in [-0.25, -0.2) is 4.79 Å². The summed E-state index contributed by atoms with van der Waals surface area (Å²) in [7, 11) is 1.31. The molecule has 0 saturated carbocycles. The van der Waals surface area contributed by atoms with Crippen LogP contribution in [-0.2, 0) is 14.3 Å². The van der Waals surface area contributed by atoms with Crippen molar-refractivity contribution < 1.29 is 19.1 Å². The molecule has 0 N–H and O–H groups in total. The lowest BCUT2D eigenvalue weighted by Crippen LogP contribution is -2.11. The predicted octanol–water partition coefficient (Wildman–Crippen LogP) is 1.84. The third-order valence-electron chi connectivity index (χ3n) is 2.24. The molecule has 1 aromatic carbocycles. The van der Waals surface area contributed by atoms with Crippen molar-refractivity contribution in [3.05, 3.63) is 35.9 Å². The van der Waals surface area contributed by atoms with E-state index in [1.54, 1.807) is 12.1 Å². The Morgan fingerprint density at radius 3 is 2.53 bits per heavy atom. The molecule has 0 radical (unpaired) electrons. The van der Waals surface area contributed by atoms with E-state index >= 15 is 0 Å². The molecule has 0 aliphatic carbocycles. The summed E-state index contributed by atoms with van der Waals surface area (Å²) in [6.45, 7) is 0.323. The highest BCUT2D eigenvalue weighted by Gasteiger charge is 2.05. The number of hydrogen-bond acceptors (Lipinski definition) is 4. The second-order valence-electron chi connectivity index (χ2n) is 3.52. The highest BCUT2D eigenvalue weighted by molar-refractivity contribution is 5.95. The smallest absolute Gasteiger partial charge is 0.331 e. The maximum absolute atomic E-state index is 11.7. The van der Waals surface area contributed by atoms with Crippen LogP contribution >= 0.6 is 0 Å². The van der Waals surface area contributed by atoms with E-state index in [9.17, 15) is 9.59 Å². The van der Waals surface area contributed by atoms with E-state index in [0.717, 1.165) is 0 Å². The summed E-state index contributed by atoms with van der Waals surface area (Å²) in [6.07, 6.45) is 1.02. The van der Waals surface area contributed by atoms with Gasteiger partial charge in [0.1, 0.15) is 6.61 Å². The second kappa shape index (κ2) is 7.57. The summed E-state index contributed by atoms with van der Waals surface area (Å²) in [5, 5.41) is 0. The Balaban J connectivity index is 2.15. The molecule has 17 heavy (non-hydrogen) atoms. The van der Waals surface area contributed by atoms with Crippen LogP contribution in [0.25, 0.3) is 0 Å². The molecule has 0 heterocycles. The number of carbonyl (C=O) groups excluding carboxylic acids is 2. The van der Waals surface area contributed by atoms with E-state index < -0.39 is 5.97 Å². The van der Waals surface area contributed by atoms with Crippen molar-refractivity contribution in [1.29, 1.82) is 0 Å². The van der Waals surface area contributed by atoms with Crippen LogP contribution in [-0.4, -0.2) is 32.1 Å². The molecule has 1 rings (SSSR count). The zero-order chi connectivity index (χ0) is 12.5. The van der Waals surface area contributed by atoms with Crippen molar-refractivity contribution in [1.82, 2.24) is 0 Å². The molecule has 92 valence electrons. The fourth-order valence-corrected chi connectivity index (χ4v) is 1.32. The summed E-state index contributed by atoms with van der Waals surface area (Å²) in [5.74, 6) is -0.313. The average Bonchev–Trinajstić information content (AvgIpc) is 2.38. The van der Waals surface area contributed by atoms with Gasteiger partial charge in [-0.15, -0.1) is 0 Å². The number of carbonyl (C=O) groups is 2. The van der Waals surface area contributed by atoms with Crippen molar-refractivity contribution in [3.63, 3.8) is 0 Å². The van der Waals surface area contributed by atoms with E-state index in [-0.39, 0.29) is 12.4 Å². The van der Waals surface area contributed by atoms with Gasteiger partial charge in [0.05, 0.1) is 7.11 Å². The van der Waals surface area contributed by atoms with Gasteiger partial charge in [-0.3, -0.25) is 4.79 Å². The molecule has 0 aliphatic heterocycles. The van der Waals surface area contributed by atoms with Crippen LogP contribution in [0.1, 0.15) is 23.2 Å². The van der Waals surface area contributed by atoms with Crippen LogP contribution in [0.3, 0.4) is 0 Å². The van der Waals surface area contributed by atoms with Crippen molar-refractivity contribution in [2.24, 2.45) is 0 Å². The molecule has 4 nitrogen and oxygen atoms in total. The molecule has 1 aromatic rings. The summed E-state index contributed by atoms with van der Waals surface area (Å²) >= 11 is 0. The lowest BCUT2D eigenvalue weighted by molar-refractivity contribution is -0.145. The molecular weight excluding hydrogens is 220 g/mol. The van der Waals surface area contributed by atoms with Crippen molar-refractivity contribution in [2.75, 3.05) is 20.3 Å². The minimum absolute atomic E-state index is 0.0595. The number of ketones is 1. The van der Waals surface area contributed by atoms with Gasteiger partial charge in [0.2, 0.25) is 0 Å². The molecule has 0 atom stereocenters. The number of hydrogen-bond donors (Lipinski definition) is 0. The maximum Gasteiger partial charge on any atom is 0.331 e. The van der Waals surface area contributed by atoms with Gasteiger partial charge >= 0.3 is 5.97 Å². The maximum atomic E-state index is 11.7. The van der Waals surface area contributed by atoms with Crippen LogP contribution in [0.15, 0.2) is 30.3 Å². The quantitative estimate of drug-likeness (QED) is 0.412. The Morgan fingerprint density at radius 1 is 1.18 bits per heavy atom. The molecule has 0 fully saturated rings. The Labute approximate surface area is 101 Å². The molecule has 0 aromatic heterocycles. The van der Waals surface area contributed by atoms with E-state index in [1.807, 2.05) is 18.2 Å². The number of esters is 1. The molecule has 0 aliphatic rings. The summed E-state index contributed by atoms with van der Waals surface area (Å²) in [4.78, 5) is 22.4. The van der Waals surface area contributed by atoms with Crippen molar-refractivity contribution >= 4 is 11.8 Å². The second-order valence-corrected chi connectivity index (χ2v) is 3.52. The number of ether oxygens (including phenoxy) is 2. The zero-order valence-electron chi connectivity index (χ0n) is 9.85. The Bertz CT molecular complexity index is 359. The molecule has 4 heteroatoms. The lowest BCUT2D eigenvalue weighted by atomic mass is 10.1. The third kappa shape index (κ3) is 5.26. The molecule has 0 saturated heterocycles. The highest BCUT2D eigenvalue weighted by atomic mass is 16.6. The van der Waals surface area contributed by atoms with Crippen LogP contribution in [0.5, 0.6) is 0 Å². The number of methoxy groups -OCH3 is 1. The monoisotopic (exact) mass is 236 g/mol. The fourth-order valence-electron chi connectivity index (χ4n) is 1.32. The Hall–Kier alpha value is -1.68. The van der Waals surface area contributed by atoms with Crippen LogP contribution in [0.4, 0.5) is 0 Å². The number of rotatable bonds is 7. The van der Waals surface area contributed by atoms with Gasteiger partial charge in [-0.05, 0) is 6.42 Å². The van der Waals surface area contributed by atoms with Crippen LogP contribution in [0.2, 0.25) is 0 Å². The van der Waals surface area contributed by atoms with Crippen molar-refractivity contribution in [2.45, 2.75) is 12.8 Å². The molecule has 0 spiro atoms. The summed E-state index contributed by atoms with van der Waals surface area (Å²) in [5.41, 5.74) is 0.709. The van der Waals surface area contributed by atoms with Gasteiger partial charge in [0, 0.05) is 18.6 Å². The summed E-state index contributed by atoms with van der Waals surface area (Å²) < 4.78 is 9.46. The SMILES string of the molecule is COC(=O)COCCCC(=O)c1ccccc1. The summed E-state index contributed by atoms with van der Waals surface area (Å²) in [6, 6.07) is 9.12. The van der Waals surface area contributed by atoms with Gasteiger partial charge in [-0.1, -0.05) is 30.3 Å². The van der Waals surface area contributed by atoms with Gasteiger partial charge in [0.25, 0.3) is 0 Å². The van der Waals surface area contributed by atoms with E-state index in [1.165, 1.54) is 7.11 Å². The third-order valence-corrected chi connectivity index (χ3v) is 2.24. The van der Waals surface area contributed by atoms with E-state index in [0.29, 0.717) is 25.0 Å². The lowest BCUT2D eigenvalue weighted by Gasteiger charge is -2.03. The van der Waals surface area contributed by atoms with Gasteiger partial charge in [0.15, 0.2) is 5.78 Å². The fraction of sp³-hybridized carbons (Fsp3) is 0.385. The van der Waals surface area contributed by atoms with Crippen molar-refractivity contribution in [3.8, 4) is 0 Å². The normalized spacial score (nSPS) is 9.94. The topological polar surface area (TPSA) is 52.6 Å². The Morgan fingerprint density at radius 2 is 1.88 bits per heavy atom. The minimum atomic E-state index is -0.403.